The highest BCUT2D eigenvalue weighted by Gasteiger charge is 2.42. The van der Waals surface area contributed by atoms with Gasteiger partial charge in [0, 0.05) is 54.7 Å². The Balaban J connectivity index is 1.35. The van der Waals surface area contributed by atoms with Gasteiger partial charge in [0.1, 0.15) is 0 Å². The van der Waals surface area contributed by atoms with E-state index in [4.69, 9.17) is 0 Å². The summed E-state index contributed by atoms with van der Waals surface area (Å²) in [7, 11) is 0. The van der Waals surface area contributed by atoms with Crippen LogP contribution in [0.4, 0.5) is 11.4 Å². The minimum atomic E-state index is 0.113. The van der Waals surface area contributed by atoms with Gasteiger partial charge >= 0.3 is 0 Å². The fraction of sp³-hybridized carbons (Fsp3) is 0.406. The Morgan fingerprint density at radius 3 is 1.92 bits per heavy atom. The Hall–Kier alpha value is -3.11. The van der Waals surface area contributed by atoms with Gasteiger partial charge < -0.3 is 9.80 Å². The van der Waals surface area contributed by atoms with Crippen LogP contribution >= 0.6 is 0 Å². The minimum absolute atomic E-state index is 0.113. The predicted molar refractivity (Wildman–Crippen MR) is 149 cm³/mol. The Bertz CT molecular complexity index is 1100. The van der Waals surface area contributed by atoms with Crippen molar-refractivity contribution in [1.82, 2.24) is 9.80 Å². The van der Waals surface area contributed by atoms with Crippen molar-refractivity contribution < 1.29 is 4.79 Å². The number of rotatable bonds is 9. The van der Waals surface area contributed by atoms with E-state index in [9.17, 15) is 4.79 Å². The third kappa shape index (κ3) is 5.19. The maximum absolute atomic E-state index is 12.9. The average molecular weight is 482 g/mol. The van der Waals surface area contributed by atoms with Crippen molar-refractivity contribution in [2.75, 3.05) is 24.5 Å². The first kappa shape index (κ1) is 24.6. The molecule has 2 bridgehead atoms. The molecule has 1 amide bonds. The average Bonchev–Trinajstić information content (AvgIpc) is 3.17. The van der Waals surface area contributed by atoms with Crippen LogP contribution in [0.25, 0.3) is 0 Å². The second-order valence-corrected chi connectivity index (χ2v) is 10.2. The highest BCUT2D eigenvalue weighted by atomic mass is 16.2. The molecule has 3 aromatic rings. The molecule has 4 heteroatoms. The summed E-state index contributed by atoms with van der Waals surface area (Å²) in [4.78, 5) is 20.1. The number of hydrogen-bond donors (Lipinski definition) is 0. The van der Waals surface area contributed by atoms with Crippen LogP contribution in [0.5, 0.6) is 0 Å². The van der Waals surface area contributed by atoms with Crippen LogP contribution in [0.1, 0.15) is 55.5 Å². The summed E-state index contributed by atoms with van der Waals surface area (Å²) in [6, 6.07) is 31.7. The number of carbonyl (C=O) groups excluding carboxylic acids is 1. The number of hydrogen-bond acceptors (Lipinski definition) is 3. The number of piperidine rings is 1. The maximum Gasteiger partial charge on any atom is 0.253 e. The van der Waals surface area contributed by atoms with E-state index in [-0.39, 0.29) is 5.91 Å². The third-order valence-electron chi connectivity index (χ3n) is 8.20. The molecule has 36 heavy (non-hydrogen) atoms. The Morgan fingerprint density at radius 2 is 1.33 bits per heavy atom. The lowest BCUT2D eigenvalue weighted by Crippen LogP contribution is -2.50. The van der Waals surface area contributed by atoms with E-state index >= 15 is 0 Å². The van der Waals surface area contributed by atoms with E-state index in [1.165, 1.54) is 42.6 Å². The molecule has 2 fully saturated rings. The van der Waals surface area contributed by atoms with E-state index in [1.54, 1.807) is 0 Å². The monoisotopic (exact) mass is 481 g/mol. The molecule has 0 aliphatic carbocycles. The van der Waals surface area contributed by atoms with Crippen LogP contribution in [-0.4, -0.2) is 53.5 Å². The summed E-state index contributed by atoms with van der Waals surface area (Å²) in [6.07, 6.45) is 6.09. The zero-order valence-electron chi connectivity index (χ0n) is 21.7. The number of amides is 1. The van der Waals surface area contributed by atoms with Gasteiger partial charge in [0.2, 0.25) is 0 Å². The van der Waals surface area contributed by atoms with Crippen LogP contribution in [0, 0.1) is 0 Å². The van der Waals surface area contributed by atoms with Gasteiger partial charge in [0.15, 0.2) is 0 Å². The largest absolute Gasteiger partial charge is 0.339 e. The molecule has 188 valence electrons. The van der Waals surface area contributed by atoms with Crippen LogP contribution in [0.2, 0.25) is 0 Å². The Labute approximate surface area is 216 Å². The predicted octanol–water partition coefficient (Wildman–Crippen LogP) is 6.54. The second kappa shape index (κ2) is 11.3. The van der Waals surface area contributed by atoms with Crippen LogP contribution in [0.3, 0.4) is 0 Å². The van der Waals surface area contributed by atoms with E-state index in [0.717, 1.165) is 31.6 Å². The smallest absolute Gasteiger partial charge is 0.253 e. The summed E-state index contributed by atoms with van der Waals surface area (Å²) in [6.45, 7) is 6.69. The highest BCUT2D eigenvalue weighted by molar-refractivity contribution is 5.94. The molecule has 2 aliphatic rings. The van der Waals surface area contributed by atoms with Crippen molar-refractivity contribution in [3.63, 3.8) is 0 Å². The molecule has 0 spiro atoms. The number of nitrogens with zero attached hydrogens (tertiary/aromatic N) is 3. The first-order chi connectivity index (χ1) is 17.7. The molecule has 4 nitrogen and oxygen atoms in total. The van der Waals surface area contributed by atoms with Crippen LogP contribution < -0.4 is 4.90 Å². The first-order valence-corrected chi connectivity index (χ1v) is 13.7. The number of carbonyl (C=O) groups is 1. The molecule has 2 aliphatic heterocycles. The lowest BCUT2D eigenvalue weighted by Gasteiger charge is -2.44. The fourth-order valence-electron chi connectivity index (χ4n) is 6.34. The molecule has 0 aromatic heterocycles. The molecule has 0 N–H and O–H groups in total. The van der Waals surface area contributed by atoms with Gasteiger partial charge in [-0.25, -0.2) is 0 Å². The third-order valence-corrected chi connectivity index (χ3v) is 8.20. The highest BCUT2D eigenvalue weighted by Crippen LogP contribution is 2.41. The number of fused-ring (bicyclic) bond motifs is 2. The van der Waals surface area contributed by atoms with Crippen molar-refractivity contribution in [3.05, 3.63) is 96.1 Å². The summed E-state index contributed by atoms with van der Waals surface area (Å²) in [5.41, 5.74) is 4.62. The van der Waals surface area contributed by atoms with E-state index in [2.05, 4.69) is 82.6 Å². The molecule has 3 atom stereocenters. The fourth-order valence-corrected chi connectivity index (χ4v) is 6.34. The number of benzene rings is 3. The molecule has 1 unspecified atom stereocenters. The summed E-state index contributed by atoms with van der Waals surface area (Å²) >= 11 is 0. The maximum atomic E-state index is 12.9. The Morgan fingerprint density at radius 1 is 0.778 bits per heavy atom. The van der Waals surface area contributed by atoms with Crippen molar-refractivity contribution >= 4 is 17.3 Å². The molecular weight excluding hydrogens is 442 g/mol. The number of para-hydroxylation sites is 1. The quantitative estimate of drug-likeness (QED) is 0.347. The second-order valence-electron chi connectivity index (χ2n) is 10.2. The zero-order chi connectivity index (χ0) is 24.9. The van der Waals surface area contributed by atoms with Gasteiger partial charge in [-0.3, -0.25) is 9.69 Å². The minimum Gasteiger partial charge on any atom is -0.339 e. The molecule has 3 aromatic carbocycles. The van der Waals surface area contributed by atoms with Gasteiger partial charge in [-0.05, 0) is 87.9 Å². The van der Waals surface area contributed by atoms with Crippen molar-refractivity contribution in [2.24, 2.45) is 0 Å². The van der Waals surface area contributed by atoms with E-state index in [0.29, 0.717) is 18.1 Å². The van der Waals surface area contributed by atoms with Gasteiger partial charge in [-0.15, -0.1) is 0 Å². The summed E-state index contributed by atoms with van der Waals surface area (Å²) < 4.78 is 0. The molecular formula is C32H39N3O. The lowest BCUT2D eigenvalue weighted by molar-refractivity contribution is 0.0773. The molecule has 5 rings (SSSR count). The van der Waals surface area contributed by atoms with Crippen LogP contribution in [0.15, 0.2) is 84.9 Å². The van der Waals surface area contributed by atoms with Crippen molar-refractivity contribution in [3.8, 4) is 0 Å². The van der Waals surface area contributed by atoms with Crippen LogP contribution in [-0.2, 0) is 6.42 Å². The molecule has 2 heterocycles. The van der Waals surface area contributed by atoms with Crippen molar-refractivity contribution in [2.45, 2.75) is 64.1 Å². The Kier molecular flexibility index (Phi) is 7.72. The topological polar surface area (TPSA) is 26.8 Å². The molecule has 2 saturated heterocycles. The first-order valence-electron chi connectivity index (χ1n) is 13.7. The van der Waals surface area contributed by atoms with Gasteiger partial charge in [-0.2, -0.15) is 0 Å². The van der Waals surface area contributed by atoms with E-state index < -0.39 is 0 Å². The summed E-state index contributed by atoms with van der Waals surface area (Å²) in [5, 5.41) is 0. The van der Waals surface area contributed by atoms with Gasteiger partial charge in [0.05, 0.1) is 0 Å². The lowest BCUT2D eigenvalue weighted by atomic mass is 9.94. The van der Waals surface area contributed by atoms with E-state index in [1.807, 2.05) is 30.9 Å². The number of anilines is 2. The molecule has 0 radical (unpaired) electrons. The standard InChI is InChI=1S/C32H39N3O/c1-3-33(4-2)32(36)26-15-17-28(18-16-26)35(27-13-9-6-10-14-27)31-23-29-19-20-30(24-31)34(29)22-21-25-11-7-5-8-12-25/h5-18,29-31H,3-4,19-24H2,1-2H3/t29-,30+,31?. The molecule has 0 saturated carbocycles. The van der Waals surface area contributed by atoms with Gasteiger partial charge in [0.25, 0.3) is 5.91 Å². The zero-order valence-corrected chi connectivity index (χ0v) is 21.7. The SMILES string of the molecule is CCN(CC)C(=O)c1ccc(N(c2ccccc2)C2C[C@H]3CC[C@@H](C2)N3CCc2ccccc2)cc1. The summed E-state index contributed by atoms with van der Waals surface area (Å²) in [5.74, 6) is 0.113. The van der Waals surface area contributed by atoms with Crippen molar-refractivity contribution in [1.29, 1.82) is 0 Å². The van der Waals surface area contributed by atoms with Gasteiger partial charge in [-0.1, -0.05) is 48.5 Å². The normalized spacial score (nSPS) is 21.3.